The van der Waals surface area contributed by atoms with Gasteiger partial charge in [-0.15, -0.1) is 11.8 Å². The van der Waals surface area contributed by atoms with E-state index in [4.69, 9.17) is 0 Å². The Morgan fingerprint density at radius 2 is 2.31 bits per heavy atom. The van der Waals surface area contributed by atoms with Crippen LogP contribution < -0.4 is 0 Å². The summed E-state index contributed by atoms with van der Waals surface area (Å²) in [4.78, 5) is 5.21. The van der Waals surface area contributed by atoms with Crippen LogP contribution in [0.1, 0.15) is 32.6 Å². The van der Waals surface area contributed by atoms with Gasteiger partial charge in [0, 0.05) is 11.1 Å². The third-order valence-electron chi connectivity index (χ3n) is 1.86. The molecule has 71 valence electrons. The Morgan fingerprint density at radius 3 is 3.00 bits per heavy atom. The summed E-state index contributed by atoms with van der Waals surface area (Å²) < 4.78 is 0. The standard InChI is InChI=1S/C11H16NS/c1-2-3-4-5-9-13-11-7-6-8-12-10-11/h6-7,10H,2-5,9H2,1H3. The molecular formula is C11H16NS. The zero-order valence-electron chi connectivity index (χ0n) is 8.12. The van der Waals surface area contributed by atoms with Crippen molar-refractivity contribution in [1.82, 2.24) is 4.98 Å². The summed E-state index contributed by atoms with van der Waals surface area (Å²) in [5.74, 6) is 1.21. The monoisotopic (exact) mass is 194 g/mol. The minimum Gasteiger partial charge on any atom is -0.253 e. The van der Waals surface area contributed by atoms with Gasteiger partial charge in [0.2, 0.25) is 0 Å². The van der Waals surface area contributed by atoms with E-state index in [0.29, 0.717) is 0 Å². The summed E-state index contributed by atoms with van der Waals surface area (Å²) in [6.45, 7) is 2.24. The highest BCUT2D eigenvalue weighted by molar-refractivity contribution is 7.99. The Labute approximate surface area is 85.0 Å². The molecule has 0 N–H and O–H groups in total. The Bertz CT molecular complexity index is 211. The largest absolute Gasteiger partial charge is 0.253 e. The molecule has 1 rings (SSSR count). The topological polar surface area (TPSA) is 12.9 Å². The lowest BCUT2D eigenvalue weighted by atomic mass is 10.2. The van der Waals surface area contributed by atoms with E-state index in [1.807, 2.05) is 24.0 Å². The Morgan fingerprint density at radius 1 is 1.38 bits per heavy atom. The van der Waals surface area contributed by atoms with E-state index in [9.17, 15) is 0 Å². The Balaban J connectivity index is 2.07. The molecule has 1 radical (unpaired) electrons. The molecule has 0 saturated carbocycles. The highest BCUT2D eigenvalue weighted by Gasteiger charge is 1.92. The summed E-state index contributed by atoms with van der Waals surface area (Å²) in [5.41, 5.74) is 0. The van der Waals surface area contributed by atoms with Crippen LogP contribution in [0.4, 0.5) is 0 Å². The summed E-state index contributed by atoms with van der Waals surface area (Å²) in [7, 11) is 0. The second-order valence-electron chi connectivity index (χ2n) is 3.03. The van der Waals surface area contributed by atoms with Crippen molar-refractivity contribution < 1.29 is 0 Å². The van der Waals surface area contributed by atoms with Crippen LogP contribution in [-0.2, 0) is 0 Å². The molecule has 0 atom stereocenters. The average Bonchev–Trinajstić information content (AvgIpc) is 2.19. The Kier molecular flexibility index (Phi) is 5.66. The van der Waals surface area contributed by atoms with Crippen LogP contribution in [0.3, 0.4) is 0 Å². The van der Waals surface area contributed by atoms with Crippen LogP contribution in [-0.4, -0.2) is 10.7 Å². The first kappa shape index (κ1) is 10.6. The maximum atomic E-state index is 3.95. The predicted molar refractivity (Wildman–Crippen MR) is 57.9 cm³/mol. The van der Waals surface area contributed by atoms with Crippen molar-refractivity contribution in [3.63, 3.8) is 0 Å². The fourth-order valence-electron chi connectivity index (χ4n) is 1.11. The van der Waals surface area contributed by atoms with Crippen molar-refractivity contribution in [3.05, 3.63) is 24.5 Å². The fraction of sp³-hybridized carbons (Fsp3) is 0.545. The van der Waals surface area contributed by atoms with Crippen molar-refractivity contribution in [1.29, 1.82) is 0 Å². The third-order valence-corrected chi connectivity index (χ3v) is 2.92. The summed E-state index contributed by atoms with van der Waals surface area (Å²) >= 11 is 1.89. The van der Waals surface area contributed by atoms with Gasteiger partial charge in [0.25, 0.3) is 0 Å². The van der Waals surface area contributed by atoms with Crippen LogP contribution in [0.15, 0.2) is 23.2 Å². The normalized spacial score (nSPS) is 10.2. The SMILES string of the molecule is CCCCCCSc1cc[c]nc1. The van der Waals surface area contributed by atoms with Gasteiger partial charge in [-0.3, -0.25) is 4.98 Å². The number of aromatic nitrogens is 1. The number of pyridine rings is 1. The van der Waals surface area contributed by atoms with Crippen molar-refractivity contribution >= 4 is 11.8 Å². The van der Waals surface area contributed by atoms with Crippen LogP contribution in [0.2, 0.25) is 0 Å². The minimum absolute atomic E-state index is 1.21. The second kappa shape index (κ2) is 6.96. The van der Waals surface area contributed by atoms with Crippen LogP contribution in [0, 0.1) is 6.20 Å². The van der Waals surface area contributed by atoms with E-state index < -0.39 is 0 Å². The number of rotatable bonds is 6. The maximum Gasteiger partial charge on any atom is 0.0886 e. The van der Waals surface area contributed by atoms with Crippen molar-refractivity contribution in [3.8, 4) is 0 Å². The van der Waals surface area contributed by atoms with Crippen LogP contribution >= 0.6 is 11.8 Å². The fourth-order valence-corrected chi connectivity index (χ4v) is 1.99. The molecule has 0 spiro atoms. The average molecular weight is 194 g/mol. The molecule has 0 amide bonds. The van der Waals surface area contributed by atoms with Crippen LogP contribution in [0.25, 0.3) is 0 Å². The second-order valence-corrected chi connectivity index (χ2v) is 4.20. The van der Waals surface area contributed by atoms with E-state index in [1.165, 1.54) is 36.3 Å². The minimum atomic E-state index is 1.21. The van der Waals surface area contributed by atoms with Gasteiger partial charge in [-0.2, -0.15) is 0 Å². The molecular weight excluding hydrogens is 178 g/mol. The smallest absolute Gasteiger partial charge is 0.0886 e. The number of unbranched alkanes of at least 4 members (excludes halogenated alkanes) is 3. The first-order chi connectivity index (χ1) is 6.43. The van der Waals surface area contributed by atoms with E-state index in [1.54, 1.807) is 0 Å². The summed E-state index contributed by atoms with van der Waals surface area (Å²) in [6, 6.07) is 3.94. The van der Waals surface area contributed by atoms with Gasteiger partial charge in [-0.1, -0.05) is 26.2 Å². The summed E-state index contributed by atoms with van der Waals surface area (Å²) in [5, 5.41) is 0. The number of hydrogen-bond donors (Lipinski definition) is 0. The van der Waals surface area contributed by atoms with Crippen molar-refractivity contribution in [2.75, 3.05) is 5.75 Å². The molecule has 0 saturated heterocycles. The molecule has 13 heavy (non-hydrogen) atoms. The van der Waals surface area contributed by atoms with Crippen molar-refractivity contribution in [2.24, 2.45) is 0 Å². The zero-order valence-corrected chi connectivity index (χ0v) is 8.94. The lowest BCUT2D eigenvalue weighted by Gasteiger charge is -1.99. The molecule has 1 aromatic rings. The molecule has 1 nitrogen and oxygen atoms in total. The van der Waals surface area contributed by atoms with Gasteiger partial charge in [-0.25, -0.2) is 0 Å². The lowest BCUT2D eigenvalue weighted by Crippen LogP contribution is -1.81. The van der Waals surface area contributed by atoms with Crippen LogP contribution in [0.5, 0.6) is 0 Å². The van der Waals surface area contributed by atoms with Gasteiger partial charge < -0.3 is 0 Å². The molecule has 1 aromatic heterocycles. The quantitative estimate of drug-likeness (QED) is 0.507. The van der Waals surface area contributed by atoms with Gasteiger partial charge in [0.1, 0.15) is 0 Å². The van der Waals surface area contributed by atoms with E-state index >= 15 is 0 Å². The van der Waals surface area contributed by atoms with Gasteiger partial charge in [0.15, 0.2) is 0 Å². The first-order valence-electron chi connectivity index (χ1n) is 4.88. The molecule has 0 aliphatic heterocycles. The molecule has 0 fully saturated rings. The van der Waals surface area contributed by atoms with Gasteiger partial charge in [0.05, 0.1) is 6.20 Å². The molecule has 0 unspecified atom stereocenters. The van der Waals surface area contributed by atoms with Gasteiger partial charge >= 0.3 is 0 Å². The lowest BCUT2D eigenvalue weighted by molar-refractivity contribution is 0.706. The number of hydrogen-bond acceptors (Lipinski definition) is 2. The molecule has 0 aliphatic carbocycles. The summed E-state index contributed by atoms with van der Waals surface area (Å²) in [6.07, 6.45) is 10.0. The predicted octanol–water partition coefficient (Wildman–Crippen LogP) is 3.55. The van der Waals surface area contributed by atoms with Gasteiger partial charge in [-0.05, 0) is 24.3 Å². The molecule has 1 heterocycles. The third kappa shape index (κ3) is 4.94. The highest BCUT2D eigenvalue weighted by atomic mass is 32.2. The van der Waals surface area contributed by atoms with E-state index in [0.717, 1.165) is 0 Å². The van der Waals surface area contributed by atoms with E-state index in [2.05, 4.69) is 24.2 Å². The molecule has 0 aliphatic rings. The molecule has 0 aromatic carbocycles. The number of nitrogens with zero attached hydrogens (tertiary/aromatic N) is 1. The molecule has 0 bridgehead atoms. The first-order valence-corrected chi connectivity index (χ1v) is 5.87. The van der Waals surface area contributed by atoms with E-state index in [-0.39, 0.29) is 0 Å². The zero-order chi connectivity index (χ0) is 9.36. The Hall–Kier alpha value is -0.500. The number of thioether (sulfide) groups is 1. The maximum absolute atomic E-state index is 3.95. The highest BCUT2D eigenvalue weighted by Crippen LogP contribution is 2.17. The van der Waals surface area contributed by atoms with Crippen molar-refractivity contribution in [2.45, 2.75) is 37.5 Å². The molecule has 2 heteroatoms.